The highest BCUT2D eigenvalue weighted by Gasteiger charge is 2.18. The molecule has 2 aromatic carbocycles. The van der Waals surface area contributed by atoms with Gasteiger partial charge in [0, 0.05) is 35.6 Å². The van der Waals surface area contributed by atoms with Crippen LogP contribution < -0.4 is 0 Å². The number of carbonyl (C=O) groups is 1. The van der Waals surface area contributed by atoms with Gasteiger partial charge < -0.3 is 9.47 Å². The quantitative estimate of drug-likeness (QED) is 0.464. The van der Waals surface area contributed by atoms with Crippen molar-refractivity contribution in [3.63, 3.8) is 0 Å². The largest absolute Gasteiger partial charge is 0.345 e. The maximum Gasteiger partial charge on any atom is 0.254 e. The number of hydrogen-bond donors (Lipinski definition) is 0. The van der Waals surface area contributed by atoms with Crippen molar-refractivity contribution >= 4 is 17.5 Å². The van der Waals surface area contributed by atoms with E-state index in [-0.39, 0.29) is 5.91 Å². The molecule has 0 aliphatic rings. The molecular formula is C24H27ClN2O. The van der Waals surface area contributed by atoms with Crippen LogP contribution in [0.25, 0.3) is 0 Å². The molecule has 0 N–H and O–H groups in total. The van der Waals surface area contributed by atoms with E-state index in [1.165, 1.54) is 0 Å². The average Bonchev–Trinajstić information content (AvgIpc) is 3.13. The van der Waals surface area contributed by atoms with Crippen LogP contribution in [-0.4, -0.2) is 21.9 Å². The van der Waals surface area contributed by atoms with Gasteiger partial charge in [0.15, 0.2) is 0 Å². The molecule has 0 bridgehead atoms. The van der Waals surface area contributed by atoms with Crippen molar-refractivity contribution in [2.24, 2.45) is 0 Å². The second kappa shape index (κ2) is 9.61. The van der Waals surface area contributed by atoms with Crippen LogP contribution in [0.2, 0.25) is 5.02 Å². The van der Waals surface area contributed by atoms with E-state index in [0.29, 0.717) is 13.1 Å². The number of aryl methyl sites for hydroxylation is 1. The van der Waals surface area contributed by atoms with Gasteiger partial charge in [-0.3, -0.25) is 4.79 Å². The van der Waals surface area contributed by atoms with Crippen LogP contribution >= 0.6 is 11.6 Å². The molecule has 3 rings (SSSR count). The summed E-state index contributed by atoms with van der Waals surface area (Å²) in [6.07, 6.45) is 4.09. The van der Waals surface area contributed by atoms with Crippen LogP contribution in [-0.2, 0) is 13.1 Å². The zero-order valence-corrected chi connectivity index (χ0v) is 17.3. The Labute approximate surface area is 172 Å². The number of amides is 1. The van der Waals surface area contributed by atoms with Gasteiger partial charge >= 0.3 is 0 Å². The smallest absolute Gasteiger partial charge is 0.254 e. The summed E-state index contributed by atoms with van der Waals surface area (Å²) in [5.74, 6) is 0.0945. The fourth-order valence-electron chi connectivity index (χ4n) is 3.34. The predicted octanol–water partition coefficient (Wildman–Crippen LogP) is 5.94. The molecule has 1 heterocycles. The summed E-state index contributed by atoms with van der Waals surface area (Å²) in [6, 6.07) is 19.8. The number of halogens is 1. The Hall–Kier alpha value is -2.52. The van der Waals surface area contributed by atoms with Gasteiger partial charge in [0.25, 0.3) is 5.91 Å². The average molecular weight is 395 g/mol. The first-order chi connectivity index (χ1) is 13.6. The van der Waals surface area contributed by atoms with Crippen molar-refractivity contribution in [2.45, 2.75) is 39.8 Å². The maximum absolute atomic E-state index is 13.2. The first kappa shape index (κ1) is 20.2. The van der Waals surface area contributed by atoms with Crippen molar-refractivity contribution in [1.29, 1.82) is 0 Å². The lowest BCUT2D eigenvalue weighted by Gasteiger charge is -2.24. The third-order valence-electron chi connectivity index (χ3n) is 5.02. The monoisotopic (exact) mass is 394 g/mol. The van der Waals surface area contributed by atoms with E-state index >= 15 is 0 Å². The highest BCUT2D eigenvalue weighted by molar-refractivity contribution is 6.31. The van der Waals surface area contributed by atoms with Gasteiger partial charge in [-0.2, -0.15) is 0 Å². The van der Waals surface area contributed by atoms with Crippen LogP contribution in [0.4, 0.5) is 0 Å². The molecule has 0 fully saturated rings. The lowest BCUT2D eigenvalue weighted by atomic mass is 10.1. The zero-order chi connectivity index (χ0) is 19.9. The van der Waals surface area contributed by atoms with E-state index in [1.807, 2.05) is 66.4 Å². The third kappa shape index (κ3) is 4.85. The molecule has 3 nitrogen and oxygen atoms in total. The zero-order valence-electron chi connectivity index (χ0n) is 16.6. The fourth-order valence-corrected chi connectivity index (χ4v) is 3.53. The SMILES string of the molecule is CCCCN(Cc1cccn1Cc1ccccc1Cl)C(=O)c1ccccc1C. The Morgan fingerprint density at radius 1 is 1.04 bits per heavy atom. The fraction of sp³-hybridized carbons (Fsp3) is 0.292. The Kier molecular flexibility index (Phi) is 6.94. The third-order valence-corrected chi connectivity index (χ3v) is 5.39. The molecule has 0 unspecified atom stereocenters. The minimum absolute atomic E-state index is 0.0945. The number of benzene rings is 2. The van der Waals surface area contributed by atoms with Gasteiger partial charge in [0.1, 0.15) is 0 Å². The summed E-state index contributed by atoms with van der Waals surface area (Å²) < 4.78 is 2.17. The molecule has 0 saturated heterocycles. The van der Waals surface area contributed by atoms with Gasteiger partial charge in [0.05, 0.1) is 6.54 Å². The molecule has 0 aliphatic carbocycles. The summed E-state index contributed by atoms with van der Waals surface area (Å²) >= 11 is 6.34. The lowest BCUT2D eigenvalue weighted by molar-refractivity contribution is 0.0736. The highest BCUT2D eigenvalue weighted by atomic mass is 35.5. The van der Waals surface area contributed by atoms with Crippen molar-refractivity contribution in [1.82, 2.24) is 9.47 Å². The minimum atomic E-state index is 0.0945. The normalized spacial score (nSPS) is 10.8. The summed E-state index contributed by atoms with van der Waals surface area (Å²) in [4.78, 5) is 15.2. The Bertz CT molecular complexity index is 932. The van der Waals surface area contributed by atoms with Crippen LogP contribution in [0.1, 0.15) is 46.9 Å². The van der Waals surface area contributed by atoms with E-state index in [4.69, 9.17) is 11.6 Å². The molecular weight excluding hydrogens is 368 g/mol. The van der Waals surface area contributed by atoms with Crippen LogP contribution in [0.15, 0.2) is 66.9 Å². The topological polar surface area (TPSA) is 25.2 Å². The molecule has 4 heteroatoms. The Morgan fingerprint density at radius 2 is 1.79 bits per heavy atom. The standard InChI is InChI=1S/C24H27ClN2O/c1-3-4-15-27(24(28)22-13-7-5-10-19(22)2)18-21-12-9-16-26(21)17-20-11-6-8-14-23(20)25/h5-14,16H,3-4,15,17-18H2,1-2H3. The second-order valence-corrected chi connectivity index (χ2v) is 7.52. The van der Waals surface area contributed by atoms with Gasteiger partial charge in [0.2, 0.25) is 0 Å². The van der Waals surface area contributed by atoms with Gasteiger partial charge in [-0.1, -0.05) is 61.3 Å². The Morgan fingerprint density at radius 3 is 2.54 bits per heavy atom. The second-order valence-electron chi connectivity index (χ2n) is 7.11. The van der Waals surface area contributed by atoms with Crippen LogP contribution in [0, 0.1) is 6.92 Å². The molecule has 0 spiro atoms. The number of unbranched alkanes of at least 4 members (excludes halogenated alkanes) is 1. The van der Waals surface area contributed by atoms with Gasteiger partial charge in [-0.05, 0) is 48.7 Å². The number of nitrogens with zero attached hydrogens (tertiary/aromatic N) is 2. The summed E-state index contributed by atoms with van der Waals surface area (Å²) in [7, 11) is 0. The molecule has 0 atom stereocenters. The number of hydrogen-bond acceptors (Lipinski definition) is 1. The number of aromatic nitrogens is 1. The predicted molar refractivity (Wildman–Crippen MR) is 116 cm³/mol. The molecule has 0 radical (unpaired) electrons. The van der Waals surface area contributed by atoms with Crippen molar-refractivity contribution < 1.29 is 4.79 Å². The van der Waals surface area contributed by atoms with Crippen molar-refractivity contribution in [3.05, 3.63) is 94.3 Å². The molecule has 0 saturated carbocycles. The molecule has 28 heavy (non-hydrogen) atoms. The molecule has 1 aromatic heterocycles. The first-order valence-corrected chi connectivity index (χ1v) is 10.2. The van der Waals surface area contributed by atoms with E-state index in [2.05, 4.69) is 23.8 Å². The molecule has 1 amide bonds. The van der Waals surface area contributed by atoms with E-state index in [0.717, 1.165) is 46.8 Å². The maximum atomic E-state index is 13.2. The van der Waals surface area contributed by atoms with Gasteiger partial charge in [-0.15, -0.1) is 0 Å². The highest BCUT2D eigenvalue weighted by Crippen LogP contribution is 2.19. The van der Waals surface area contributed by atoms with E-state index < -0.39 is 0 Å². The summed E-state index contributed by atoms with van der Waals surface area (Å²) in [5, 5.41) is 0.765. The molecule has 3 aromatic rings. The summed E-state index contributed by atoms with van der Waals surface area (Å²) in [6.45, 7) is 6.18. The van der Waals surface area contributed by atoms with Crippen LogP contribution in [0.5, 0.6) is 0 Å². The molecule has 146 valence electrons. The van der Waals surface area contributed by atoms with Crippen molar-refractivity contribution in [3.8, 4) is 0 Å². The Balaban J connectivity index is 1.82. The minimum Gasteiger partial charge on any atom is -0.345 e. The first-order valence-electron chi connectivity index (χ1n) is 9.82. The lowest BCUT2D eigenvalue weighted by Crippen LogP contribution is -2.32. The molecule has 0 aliphatic heterocycles. The summed E-state index contributed by atoms with van der Waals surface area (Å²) in [5.41, 5.74) is 3.98. The van der Waals surface area contributed by atoms with Crippen LogP contribution in [0.3, 0.4) is 0 Å². The van der Waals surface area contributed by atoms with E-state index in [1.54, 1.807) is 0 Å². The van der Waals surface area contributed by atoms with Crippen molar-refractivity contribution in [2.75, 3.05) is 6.54 Å². The number of carbonyl (C=O) groups excluding carboxylic acids is 1. The number of rotatable bonds is 8. The van der Waals surface area contributed by atoms with E-state index in [9.17, 15) is 4.79 Å². The van der Waals surface area contributed by atoms with Gasteiger partial charge in [-0.25, -0.2) is 0 Å².